The normalized spacial score (nSPS) is 18.6. The molecular formula is C25H33N3O. The predicted octanol–water partition coefficient (Wildman–Crippen LogP) is 5.16. The van der Waals surface area contributed by atoms with Gasteiger partial charge >= 0.3 is 0 Å². The molecule has 2 heterocycles. The van der Waals surface area contributed by atoms with Crippen LogP contribution in [0.15, 0.2) is 48.5 Å². The van der Waals surface area contributed by atoms with Crippen molar-refractivity contribution in [2.75, 3.05) is 36.4 Å². The summed E-state index contributed by atoms with van der Waals surface area (Å²) in [6, 6.07) is 16.3. The van der Waals surface area contributed by atoms with E-state index in [0.717, 1.165) is 31.2 Å². The van der Waals surface area contributed by atoms with Crippen molar-refractivity contribution in [3.05, 3.63) is 59.7 Å². The van der Waals surface area contributed by atoms with Gasteiger partial charge in [-0.2, -0.15) is 0 Å². The van der Waals surface area contributed by atoms with Crippen molar-refractivity contribution in [3.8, 4) is 0 Å². The molecule has 0 unspecified atom stereocenters. The molecule has 2 aliphatic heterocycles. The monoisotopic (exact) mass is 391 g/mol. The van der Waals surface area contributed by atoms with Crippen LogP contribution in [0.1, 0.15) is 54.9 Å². The summed E-state index contributed by atoms with van der Waals surface area (Å²) in [6.45, 7) is 7.94. The van der Waals surface area contributed by atoms with Crippen LogP contribution in [-0.2, 0) is 6.54 Å². The maximum atomic E-state index is 12.6. The fraction of sp³-hybridized carbons (Fsp3) is 0.480. The molecule has 29 heavy (non-hydrogen) atoms. The molecule has 0 bridgehead atoms. The van der Waals surface area contributed by atoms with Gasteiger partial charge in [0.15, 0.2) is 0 Å². The minimum absolute atomic E-state index is 0.0472. The molecule has 0 aromatic heterocycles. The van der Waals surface area contributed by atoms with E-state index in [9.17, 15) is 4.79 Å². The topological polar surface area (TPSA) is 35.6 Å². The molecular weight excluding hydrogens is 358 g/mol. The highest BCUT2D eigenvalue weighted by Crippen LogP contribution is 2.22. The van der Waals surface area contributed by atoms with Crippen molar-refractivity contribution in [1.29, 1.82) is 0 Å². The van der Waals surface area contributed by atoms with Gasteiger partial charge in [0.05, 0.1) is 0 Å². The zero-order valence-corrected chi connectivity index (χ0v) is 17.6. The van der Waals surface area contributed by atoms with Gasteiger partial charge in [-0.25, -0.2) is 0 Å². The van der Waals surface area contributed by atoms with Gasteiger partial charge in [0.1, 0.15) is 0 Å². The summed E-state index contributed by atoms with van der Waals surface area (Å²) in [4.78, 5) is 17.5. The van der Waals surface area contributed by atoms with Crippen LogP contribution in [0.25, 0.3) is 0 Å². The molecule has 2 aromatic carbocycles. The maximum Gasteiger partial charge on any atom is 0.255 e. The first-order valence-corrected chi connectivity index (χ1v) is 11.1. The largest absolute Gasteiger partial charge is 0.372 e. The van der Waals surface area contributed by atoms with Gasteiger partial charge in [-0.3, -0.25) is 9.69 Å². The third kappa shape index (κ3) is 5.39. The van der Waals surface area contributed by atoms with Crippen LogP contribution >= 0.6 is 0 Å². The quantitative estimate of drug-likeness (QED) is 0.764. The number of nitrogens with one attached hydrogen (secondary N) is 1. The summed E-state index contributed by atoms with van der Waals surface area (Å²) >= 11 is 0. The van der Waals surface area contributed by atoms with Crippen molar-refractivity contribution in [2.24, 2.45) is 5.92 Å². The Labute approximate surface area is 174 Å². The van der Waals surface area contributed by atoms with E-state index in [1.807, 2.05) is 24.3 Å². The van der Waals surface area contributed by atoms with Crippen LogP contribution in [0, 0.1) is 5.92 Å². The second-order valence-electron chi connectivity index (χ2n) is 8.70. The van der Waals surface area contributed by atoms with Crippen molar-refractivity contribution in [1.82, 2.24) is 4.90 Å². The number of nitrogens with zero attached hydrogens (tertiary/aromatic N) is 2. The molecule has 154 valence electrons. The van der Waals surface area contributed by atoms with E-state index in [0.29, 0.717) is 5.56 Å². The first-order valence-electron chi connectivity index (χ1n) is 11.1. The molecule has 1 N–H and O–H groups in total. The lowest BCUT2D eigenvalue weighted by molar-refractivity contribution is 0.102. The average Bonchev–Trinajstić information content (AvgIpc) is 2.77. The van der Waals surface area contributed by atoms with Crippen LogP contribution < -0.4 is 10.2 Å². The third-order valence-electron chi connectivity index (χ3n) is 6.34. The second kappa shape index (κ2) is 9.45. The average molecular weight is 392 g/mol. The number of piperidine rings is 2. The minimum atomic E-state index is -0.0472. The Morgan fingerprint density at radius 2 is 1.55 bits per heavy atom. The Kier molecular flexibility index (Phi) is 6.50. The highest BCUT2D eigenvalue weighted by Gasteiger charge is 2.16. The molecule has 2 aromatic rings. The lowest BCUT2D eigenvalue weighted by atomic mass is 9.99. The molecule has 4 rings (SSSR count). The van der Waals surface area contributed by atoms with Gasteiger partial charge in [-0.15, -0.1) is 0 Å². The predicted molar refractivity (Wildman–Crippen MR) is 121 cm³/mol. The highest BCUT2D eigenvalue weighted by atomic mass is 16.1. The van der Waals surface area contributed by atoms with Gasteiger partial charge in [0, 0.05) is 36.6 Å². The zero-order valence-electron chi connectivity index (χ0n) is 17.6. The molecule has 2 aliphatic rings. The van der Waals surface area contributed by atoms with Crippen LogP contribution in [0.5, 0.6) is 0 Å². The number of hydrogen-bond acceptors (Lipinski definition) is 3. The van der Waals surface area contributed by atoms with Crippen molar-refractivity contribution < 1.29 is 4.79 Å². The van der Waals surface area contributed by atoms with E-state index in [1.165, 1.54) is 56.4 Å². The molecule has 4 nitrogen and oxygen atoms in total. The SMILES string of the molecule is CC1CCN(Cc2ccc(C(=O)Nc3ccc(N4CCCCC4)cc3)cc2)CC1. The van der Waals surface area contributed by atoms with Crippen LogP contribution in [0.2, 0.25) is 0 Å². The van der Waals surface area contributed by atoms with Crippen LogP contribution in [-0.4, -0.2) is 37.0 Å². The lowest BCUT2D eigenvalue weighted by Gasteiger charge is -2.30. The van der Waals surface area contributed by atoms with Crippen LogP contribution in [0.4, 0.5) is 11.4 Å². The fourth-order valence-electron chi connectivity index (χ4n) is 4.35. The number of carbonyl (C=O) groups is 1. The number of benzene rings is 2. The van der Waals surface area contributed by atoms with E-state index in [1.54, 1.807) is 0 Å². The molecule has 0 radical (unpaired) electrons. The summed E-state index contributed by atoms with van der Waals surface area (Å²) < 4.78 is 0. The standard InChI is InChI=1S/C25H33N3O/c1-20-13-17-27(18-14-20)19-21-5-7-22(8-6-21)25(29)26-23-9-11-24(12-10-23)28-15-3-2-4-16-28/h5-12,20H,2-4,13-19H2,1H3,(H,26,29). The molecule has 2 saturated heterocycles. The van der Waals surface area contributed by atoms with Gasteiger partial charge in [0.25, 0.3) is 5.91 Å². The first kappa shape index (κ1) is 20.0. The highest BCUT2D eigenvalue weighted by molar-refractivity contribution is 6.04. The van der Waals surface area contributed by atoms with Gasteiger partial charge in [0.2, 0.25) is 0 Å². The Morgan fingerprint density at radius 3 is 2.21 bits per heavy atom. The summed E-state index contributed by atoms with van der Waals surface area (Å²) in [5.74, 6) is 0.806. The molecule has 0 aliphatic carbocycles. The molecule has 0 atom stereocenters. The van der Waals surface area contributed by atoms with Crippen molar-refractivity contribution >= 4 is 17.3 Å². The van der Waals surface area contributed by atoms with Gasteiger partial charge in [-0.1, -0.05) is 19.1 Å². The van der Waals surface area contributed by atoms with E-state index < -0.39 is 0 Å². The van der Waals surface area contributed by atoms with Gasteiger partial charge in [-0.05, 0) is 93.1 Å². The van der Waals surface area contributed by atoms with E-state index in [-0.39, 0.29) is 5.91 Å². The molecule has 4 heteroatoms. The zero-order chi connectivity index (χ0) is 20.1. The fourth-order valence-corrected chi connectivity index (χ4v) is 4.35. The Bertz CT molecular complexity index is 786. The first-order chi connectivity index (χ1) is 14.2. The molecule has 0 spiro atoms. The Balaban J connectivity index is 1.31. The summed E-state index contributed by atoms with van der Waals surface area (Å²) in [7, 11) is 0. The van der Waals surface area contributed by atoms with Crippen molar-refractivity contribution in [3.63, 3.8) is 0 Å². The number of carbonyl (C=O) groups excluding carboxylic acids is 1. The summed E-state index contributed by atoms with van der Waals surface area (Å²) in [5, 5.41) is 3.03. The molecule has 0 saturated carbocycles. The van der Waals surface area contributed by atoms with Crippen molar-refractivity contribution in [2.45, 2.75) is 45.6 Å². The number of anilines is 2. The van der Waals surface area contributed by atoms with E-state index in [4.69, 9.17) is 0 Å². The van der Waals surface area contributed by atoms with E-state index >= 15 is 0 Å². The minimum Gasteiger partial charge on any atom is -0.372 e. The number of rotatable bonds is 5. The Morgan fingerprint density at radius 1 is 0.897 bits per heavy atom. The number of hydrogen-bond donors (Lipinski definition) is 1. The maximum absolute atomic E-state index is 12.6. The smallest absolute Gasteiger partial charge is 0.255 e. The van der Waals surface area contributed by atoms with Gasteiger partial charge < -0.3 is 10.2 Å². The number of likely N-dealkylation sites (tertiary alicyclic amines) is 1. The Hall–Kier alpha value is -2.33. The van der Waals surface area contributed by atoms with Crippen LogP contribution in [0.3, 0.4) is 0 Å². The summed E-state index contributed by atoms with van der Waals surface area (Å²) in [5.41, 5.74) is 4.09. The lowest BCUT2D eigenvalue weighted by Crippen LogP contribution is -2.32. The molecule has 2 fully saturated rings. The second-order valence-corrected chi connectivity index (χ2v) is 8.70. The summed E-state index contributed by atoms with van der Waals surface area (Å²) in [6.07, 6.45) is 6.45. The molecule has 1 amide bonds. The third-order valence-corrected chi connectivity index (χ3v) is 6.34. The van der Waals surface area contributed by atoms with E-state index in [2.05, 4.69) is 46.3 Å². The number of amides is 1.